The average molecular weight is 174 g/mol. The van der Waals surface area contributed by atoms with Crippen LogP contribution in [-0.4, -0.2) is 4.98 Å². The molecule has 13 heavy (non-hydrogen) atoms. The fourth-order valence-electron chi connectivity index (χ4n) is 1.38. The van der Waals surface area contributed by atoms with E-state index in [1.165, 1.54) is 12.4 Å². The fourth-order valence-corrected chi connectivity index (χ4v) is 1.38. The molecule has 3 nitrogen and oxygen atoms in total. The number of benzene rings is 1. The molecule has 0 radical (unpaired) electrons. The van der Waals surface area contributed by atoms with Crippen LogP contribution in [0.1, 0.15) is 11.1 Å². The van der Waals surface area contributed by atoms with E-state index in [1.54, 1.807) is 6.07 Å². The zero-order chi connectivity index (χ0) is 9.42. The normalized spacial score (nSPS) is 10.6. The van der Waals surface area contributed by atoms with Gasteiger partial charge in [-0.2, -0.15) is 4.73 Å². The Morgan fingerprint density at radius 3 is 2.85 bits per heavy atom. The van der Waals surface area contributed by atoms with Crippen LogP contribution in [0.4, 0.5) is 0 Å². The highest BCUT2D eigenvalue weighted by molar-refractivity contribution is 5.75. The lowest BCUT2D eigenvalue weighted by Crippen LogP contribution is -2.26. The first kappa shape index (κ1) is 7.98. The van der Waals surface area contributed by atoms with Gasteiger partial charge in [-0.3, -0.25) is 0 Å². The van der Waals surface area contributed by atoms with Crippen molar-refractivity contribution in [3.05, 3.63) is 40.9 Å². The smallest absolute Gasteiger partial charge is 0.242 e. The van der Waals surface area contributed by atoms with E-state index in [-0.39, 0.29) is 0 Å². The minimum absolute atomic E-state index is 0.630. The van der Waals surface area contributed by atoms with Crippen molar-refractivity contribution in [3.63, 3.8) is 0 Å². The highest BCUT2D eigenvalue weighted by Crippen LogP contribution is 2.15. The van der Waals surface area contributed by atoms with Gasteiger partial charge in [0.25, 0.3) is 0 Å². The summed E-state index contributed by atoms with van der Waals surface area (Å²) in [5.74, 6) is 0. The van der Waals surface area contributed by atoms with Gasteiger partial charge in [0, 0.05) is 6.07 Å². The number of nitrogens with zero attached hydrogens (tertiary/aromatic N) is 2. The SMILES string of the molecule is Cc1ccc2c(ncc[n+]2[O-])c1C. The standard InChI is InChI=1S/C10H10N2O/c1-7-3-4-9-10(8(7)2)11-5-6-12(9)13/h3-6H,1-2H3. The van der Waals surface area contributed by atoms with Gasteiger partial charge in [0.05, 0.1) is 6.20 Å². The van der Waals surface area contributed by atoms with Crippen molar-refractivity contribution in [1.82, 2.24) is 4.98 Å². The maximum atomic E-state index is 11.3. The summed E-state index contributed by atoms with van der Waals surface area (Å²) in [6.07, 6.45) is 2.94. The highest BCUT2D eigenvalue weighted by atomic mass is 16.5. The second kappa shape index (κ2) is 2.69. The average Bonchev–Trinajstić information content (AvgIpc) is 2.12. The van der Waals surface area contributed by atoms with E-state index in [0.717, 1.165) is 21.4 Å². The minimum atomic E-state index is 0.630. The molecule has 2 aromatic rings. The van der Waals surface area contributed by atoms with Crippen molar-refractivity contribution in [2.24, 2.45) is 0 Å². The molecule has 0 atom stereocenters. The van der Waals surface area contributed by atoms with Crippen LogP contribution >= 0.6 is 0 Å². The first-order valence-corrected chi connectivity index (χ1v) is 4.14. The number of aryl methyl sites for hydroxylation is 2. The molecule has 0 fully saturated rings. The largest absolute Gasteiger partial charge is 0.618 e. The van der Waals surface area contributed by atoms with Crippen molar-refractivity contribution < 1.29 is 4.73 Å². The molecular weight excluding hydrogens is 164 g/mol. The number of aromatic nitrogens is 2. The van der Waals surface area contributed by atoms with E-state index < -0.39 is 0 Å². The quantitative estimate of drug-likeness (QED) is 0.448. The predicted molar refractivity (Wildman–Crippen MR) is 50.2 cm³/mol. The summed E-state index contributed by atoms with van der Waals surface area (Å²) in [5.41, 5.74) is 3.65. The number of hydrogen-bond acceptors (Lipinski definition) is 2. The number of fused-ring (bicyclic) bond motifs is 1. The molecule has 2 rings (SSSR count). The summed E-state index contributed by atoms with van der Waals surface area (Å²) in [6.45, 7) is 3.99. The molecule has 0 saturated carbocycles. The van der Waals surface area contributed by atoms with Crippen molar-refractivity contribution in [1.29, 1.82) is 0 Å². The Balaban J connectivity index is 2.94. The van der Waals surface area contributed by atoms with Gasteiger partial charge in [-0.25, -0.2) is 4.98 Å². The molecule has 0 aliphatic carbocycles. The van der Waals surface area contributed by atoms with Crippen LogP contribution < -0.4 is 4.73 Å². The van der Waals surface area contributed by atoms with E-state index in [4.69, 9.17) is 0 Å². The fraction of sp³-hybridized carbons (Fsp3) is 0.200. The molecule has 0 unspecified atom stereocenters. The third-order valence-corrected chi connectivity index (χ3v) is 2.32. The lowest BCUT2D eigenvalue weighted by atomic mass is 10.1. The van der Waals surface area contributed by atoms with Gasteiger partial charge in [0.1, 0.15) is 5.52 Å². The van der Waals surface area contributed by atoms with Gasteiger partial charge in [-0.05, 0) is 25.0 Å². The molecule has 0 aliphatic rings. The molecule has 3 heteroatoms. The van der Waals surface area contributed by atoms with Crippen LogP contribution in [0.15, 0.2) is 24.5 Å². The molecule has 66 valence electrons. The second-order valence-corrected chi connectivity index (χ2v) is 3.13. The molecular formula is C10H10N2O. The lowest BCUT2D eigenvalue weighted by molar-refractivity contribution is -0.577. The minimum Gasteiger partial charge on any atom is -0.618 e. The third kappa shape index (κ3) is 1.13. The van der Waals surface area contributed by atoms with Crippen LogP contribution in [0, 0.1) is 19.1 Å². The van der Waals surface area contributed by atoms with Crippen LogP contribution in [0.5, 0.6) is 0 Å². The molecule has 0 spiro atoms. The zero-order valence-corrected chi connectivity index (χ0v) is 7.61. The number of rotatable bonds is 0. The third-order valence-electron chi connectivity index (χ3n) is 2.32. The van der Waals surface area contributed by atoms with Crippen LogP contribution in [0.2, 0.25) is 0 Å². The molecule has 1 aromatic heterocycles. The first-order chi connectivity index (χ1) is 6.20. The van der Waals surface area contributed by atoms with Crippen molar-refractivity contribution in [2.75, 3.05) is 0 Å². The van der Waals surface area contributed by atoms with Crippen LogP contribution in [0.25, 0.3) is 11.0 Å². The topological polar surface area (TPSA) is 39.8 Å². The van der Waals surface area contributed by atoms with Gasteiger partial charge in [-0.1, -0.05) is 6.07 Å². The molecule has 0 aliphatic heterocycles. The summed E-state index contributed by atoms with van der Waals surface area (Å²) in [5, 5.41) is 11.3. The molecule has 1 aromatic carbocycles. The summed E-state index contributed by atoms with van der Waals surface area (Å²) in [4.78, 5) is 4.18. The van der Waals surface area contributed by atoms with E-state index in [2.05, 4.69) is 4.98 Å². The Kier molecular flexibility index (Phi) is 1.65. The van der Waals surface area contributed by atoms with Crippen molar-refractivity contribution >= 4 is 11.0 Å². The molecule has 0 bridgehead atoms. The van der Waals surface area contributed by atoms with Crippen LogP contribution in [-0.2, 0) is 0 Å². The Bertz CT molecular complexity index is 466. The zero-order valence-electron chi connectivity index (χ0n) is 7.61. The maximum absolute atomic E-state index is 11.3. The maximum Gasteiger partial charge on any atom is 0.242 e. The number of hydrogen-bond donors (Lipinski definition) is 0. The summed E-state index contributed by atoms with van der Waals surface area (Å²) in [7, 11) is 0. The summed E-state index contributed by atoms with van der Waals surface area (Å²) in [6, 6.07) is 3.74. The molecule has 0 saturated heterocycles. The van der Waals surface area contributed by atoms with E-state index in [1.807, 2.05) is 19.9 Å². The van der Waals surface area contributed by atoms with Gasteiger partial charge in [0.15, 0.2) is 6.20 Å². The second-order valence-electron chi connectivity index (χ2n) is 3.13. The van der Waals surface area contributed by atoms with Crippen LogP contribution in [0.3, 0.4) is 0 Å². The van der Waals surface area contributed by atoms with Gasteiger partial charge < -0.3 is 5.21 Å². The Labute approximate surface area is 76.2 Å². The molecule has 1 heterocycles. The Morgan fingerprint density at radius 1 is 1.31 bits per heavy atom. The van der Waals surface area contributed by atoms with Gasteiger partial charge >= 0.3 is 0 Å². The lowest BCUT2D eigenvalue weighted by Gasteiger charge is -2.04. The predicted octanol–water partition coefficient (Wildman–Crippen LogP) is 1.49. The first-order valence-electron chi connectivity index (χ1n) is 4.14. The van der Waals surface area contributed by atoms with E-state index in [9.17, 15) is 5.21 Å². The highest BCUT2D eigenvalue weighted by Gasteiger charge is 2.07. The van der Waals surface area contributed by atoms with Crippen molar-refractivity contribution in [3.8, 4) is 0 Å². The molecule has 0 N–H and O–H groups in total. The van der Waals surface area contributed by atoms with Gasteiger partial charge in [-0.15, -0.1) is 0 Å². The van der Waals surface area contributed by atoms with Gasteiger partial charge in [0.2, 0.25) is 5.52 Å². The Morgan fingerprint density at radius 2 is 2.08 bits per heavy atom. The Hall–Kier alpha value is -1.64. The monoisotopic (exact) mass is 174 g/mol. The summed E-state index contributed by atoms with van der Waals surface area (Å²) < 4.78 is 0.842. The van der Waals surface area contributed by atoms with Crippen molar-refractivity contribution in [2.45, 2.75) is 13.8 Å². The molecule has 0 amide bonds. The van der Waals surface area contributed by atoms with E-state index >= 15 is 0 Å². The summed E-state index contributed by atoms with van der Waals surface area (Å²) >= 11 is 0. The van der Waals surface area contributed by atoms with E-state index in [0.29, 0.717) is 5.52 Å².